The van der Waals surface area contributed by atoms with Crippen LogP contribution in [0.3, 0.4) is 0 Å². The Balaban J connectivity index is 1.73. The molecule has 0 atom stereocenters. The molecular weight excluding hydrogens is 275 g/mol. The van der Waals surface area contributed by atoms with Crippen molar-refractivity contribution in [3.63, 3.8) is 0 Å². The lowest BCUT2D eigenvalue weighted by Gasteiger charge is -2.07. The molecule has 0 unspecified atom stereocenters. The molecule has 21 heavy (non-hydrogen) atoms. The first-order valence-corrected chi connectivity index (χ1v) is 6.54. The molecule has 3 N–H and O–H groups in total. The monoisotopic (exact) mass is 288 g/mol. The summed E-state index contributed by atoms with van der Waals surface area (Å²) in [5, 5.41) is 6.52. The smallest absolute Gasteiger partial charge is 0.273 e. The quantitative estimate of drug-likeness (QED) is 0.746. The first-order chi connectivity index (χ1) is 10.1. The minimum atomic E-state index is -0.475. The van der Waals surface area contributed by atoms with Gasteiger partial charge in [0.2, 0.25) is 5.91 Å². The predicted octanol–water partition coefficient (Wildman–Crippen LogP) is 1.39. The van der Waals surface area contributed by atoms with E-state index < -0.39 is 5.91 Å². The summed E-state index contributed by atoms with van der Waals surface area (Å²) in [4.78, 5) is 23.5. The molecule has 2 aromatic rings. The first-order valence-electron chi connectivity index (χ1n) is 6.54. The Bertz CT molecular complexity index is 677. The van der Waals surface area contributed by atoms with E-state index in [2.05, 4.69) is 21.0 Å². The standard InChI is InChI=1S/C14H13FN4O2/c15-10-5-3-8(4-6-10)12-11(7-16-17-12)14(21)19-18-13(20)9-1-2-9/h3-7,9H,1-2H2,(H,16,17)(H,18,20)(H,19,21). The van der Waals surface area contributed by atoms with Crippen LogP contribution < -0.4 is 10.9 Å². The fraction of sp³-hybridized carbons (Fsp3) is 0.214. The van der Waals surface area contributed by atoms with Crippen molar-refractivity contribution in [2.75, 3.05) is 0 Å². The maximum atomic E-state index is 12.9. The van der Waals surface area contributed by atoms with Crippen LogP contribution in [0.4, 0.5) is 4.39 Å². The van der Waals surface area contributed by atoms with Crippen molar-refractivity contribution < 1.29 is 14.0 Å². The Labute approximate surface area is 119 Å². The molecule has 0 radical (unpaired) electrons. The van der Waals surface area contributed by atoms with Crippen molar-refractivity contribution in [1.82, 2.24) is 21.0 Å². The molecule has 6 nitrogen and oxygen atoms in total. The van der Waals surface area contributed by atoms with Gasteiger partial charge in [-0.2, -0.15) is 5.10 Å². The number of aromatic nitrogens is 2. The van der Waals surface area contributed by atoms with E-state index in [4.69, 9.17) is 0 Å². The Hall–Kier alpha value is -2.70. The average Bonchev–Trinajstić information content (AvgIpc) is 3.23. The molecule has 1 aromatic heterocycles. The third-order valence-electron chi connectivity index (χ3n) is 3.26. The number of nitrogens with zero attached hydrogens (tertiary/aromatic N) is 1. The summed E-state index contributed by atoms with van der Waals surface area (Å²) in [6.45, 7) is 0. The van der Waals surface area contributed by atoms with Crippen LogP contribution >= 0.6 is 0 Å². The number of H-pyrrole nitrogens is 1. The van der Waals surface area contributed by atoms with Gasteiger partial charge in [0, 0.05) is 11.5 Å². The molecule has 1 fully saturated rings. The normalized spacial score (nSPS) is 13.8. The molecule has 1 aromatic carbocycles. The number of amides is 2. The third-order valence-corrected chi connectivity index (χ3v) is 3.26. The number of hydrogen-bond acceptors (Lipinski definition) is 3. The molecule has 3 rings (SSSR count). The molecular formula is C14H13FN4O2. The molecule has 2 amide bonds. The third kappa shape index (κ3) is 2.91. The minimum Gasteiger partial charge on any atom is -0.277 e. The number of rotatable bonds is 3. The molecule has 0 aliphatic heterocycles. The second-order valence-corrected chi connectivity index (χ2v) is 4.88. The van der Waals surface area contributed by atoms with Crippen LogP contribution in [0.5, 0.6) is 0 Å². The molecule has 7 heteroatoms. The number of nitrogens with one attached hydrogen (secondary N) is 3. The van der Waals surface area contributed by atoms with E-state index in [0.29, 0.717) is 11.3 Å². The zero-order valence-electron chi connectivity index (χ0n) is 11.0. The second kappa shape index (κ2) is 5.35. The van der Waals surface area contributed by atoms with Crippen molar-refractivity contribution in [2.24, 2.45) is 5.92 Å². The maximum absolute atomic E-state index is 12.9. The van der Waals surface area contributed by atoms with Gasteiger partial charge in [-0.15, -0.1) is 0 Å². The zero-order chi connectivity index (χ0) is 14.8. The van der Waals surface area contributed by atoms with Crippen LogP contribution in [0, 0.1) is 11.7 Å². The van der Waals surface area contributed by atoms with E-state index in [9.17, 15) is 14.0 Å². The van der Waals surface area contributed by atoms with Crippen LogP contribution in [0.25, 0.3) is 11.3 Å². The van der Waals surface area contributed by atoms with Gasteiger partial charge in [0.1, 0.15) is 5.82 Å². The van der Waals surface area contributed by atoms with Gasteiger partial charge in [-0.05, 0) is 37.1 Å². The zero-order valence-corrected chi connectivity index (χ0v) is 11.0. The molecule has 0 spiro atoms. The molecule has 108 valence electrons. The molecule has 0 saturated heterocycles. The lowest BCUT2D eigenvalue weighted by Crippen LogP contribution is -2.42. The van der Waals surface area contributed by atoms with E-state index in [1.807, 2.05) is 0 Å². The van der Waals surface area contributed by atoms with Gasteiger partial charge in [-0.3, -0.25) is 25.5 Å². The van der Waals surface area contributed by atoms with Crippen molar-refractivity contribution >= 4 is 11.8 Å². The van der Waals surface area contributed by atoms with Crippen molar-refractivity contribution in [2.45, 2.75) is 12.8 Å². The van der Waals surface area contributed by atoms with Crippen LogP contribution in [0.15, 0.2) is 30.5 Å². The summed E-state index contributed by atoms with van der Waals surface area (Å²) < 4.78 is 12.9. The van der Waals surface area contributed by atoms with Gasteiger partial charge >= 0.3 is 0 Å². The summed E-state index contributed by atoms with van der Waals surface area (Å²) in [5.41, 5.74) is 6.11. The first kappa shape index (κ1) is 13.3. The topological polar surface area (TPSA) is 86.9 Å². The van der Waals surface area contributed by atoms with Gasteiger partial charge in [0.15, 0.2) is 0 Å². The fourth-order valence-corrected chi connectivity index (χ4v) is 1.93. The van der Waals surface area contributed by atoms with Crippen molar-refractivity contribution in [3.8, 4) is 11.3 Å². The highest BCUT2D eigenvalue weighted by Gasteiger charge is 2.30. The van der Waals surface area contributed by atoms with E-state index in [-0.39, 0.29) is 23.2 Å². The van der Waals surface area contributed by atoms with Crippen LogP contribution in [0.1, 0.15) is 23.2 Å². The van der Waals surface area contributed by atoms with Gasteiger partial charge in [0.25, 0.3) is 5.91 Å². The number of halogens is 1. The van der Waals surface area contributed by atoms with Crippen molar-refractivity contribution in [1.29, 1.82) is 0 Å². The van der Waals surface area contributed by atoms with Gasteiger partial charge < -0.3 is 0 Å². The van der Waals surface area contributed by atoms with Crippen LogP contribution in [-0.2, 0) is 4.79 Å². The van der Waals surface area contributed by atoms with E-state index in [0.717, 1.165) is 12.8 Å². The molecule has 1 saturated carbocycles. The highest BCUT2D eigenvalue weighted by Crippen LogP contribution is 2.28. The number of hydrazine groups is 1. The summed E-state index contributed by atoms with van der Waals surface area (Å²) in [5.74, 6) is -1.01. The molecule has 1 aliphatic rings. The van der Waals surface area contributed by atoms with Crippen LogP contribution in [-0.4, -0.2) is 22.0 Å². The summed E-state index contributed by atoms with van der Waals surface area (Å²) >= 11 is 0. The molecule has 1 heterocycles. The number of hydrogen-bond donors (Lipinski definition) is 3. The highest BCUT2D eigenvalue weighted by molar-refractivity contribution is 6.00. The number of aromatic amines is 1. The van der Waals surface area contributed by atoms with Crippen molar-refractivity contribution in [3.05, 3.63) is 41.8 Å². The van der Waals surface area contributed by atoms with E-state index in [1.54, 1.807) is 12.1 Å². The Morgan fingerprint density at radius 2 is 1.90 bits per heavy atom. The number of carbonyl (C=O) groups excluding carboxylic acids is 2. The SMILES string of the molecule is O=C(NNC(=O)C1CC1)c1cn[nH]c1-c1ccc(F)cc1. The number of benzene rings is 1. The predicted molar refractivity (Wildman–Crippen MR) is 72.3 cm³/mol. The maximum Gasteiger partial charge on any atom is 0.273 e. The van der Waals surface area contributed by atoms with Gasteiger partial charge in [-0.1, -0.05) is 0 Å². The Morgan fingerprint density at radius 3 is 2.57 bits per heavy atom. The molecule has 0 bridgehead atoms. The largest absolute Gasteiger partial charge is 0.277 e. The summed E-state index contributed by atoms with van der Waals surface area (Å²) in [7, 11) is 0. The van der Waals surface area contributed by atoms with E-state index in [1.165, 1.54) is 18.3 Å². The fourth-order valence-electron chi connectivity index (χ4n) is 1.93. The van der Waals surface area contributed by atoms with Gasteiger partial charge in [-0.25, -0.2) is 4.39 Å². The lowest BCUT2D eigenvalue weighted by molar-refractivity contribution is -0.123. The summed E-state index contributed by atoms with van der Waals surface area (Å²) in [6, 6.07) is 5.68. The Kier molecular flexibility index (Phi) is 3.39. The average molecular weight is 288 g/mol. The Morgan fingerprint density at radius 1 is 1.19 bits per heavy atom. The van der Waals surface area contributed by atoms with Gasteiger partial charge in [0.05, 0.1) is 17.5 Å². The van der Waals surface area contributed by atoms with E-state index >= 15 is 0 Å². The minimum absolute atomic E-state index is 0.00576. The summed E-state index contributed by atoms with van der Waals surface area (Å²) in [6.07, 6.45) is 3.07. The number of carbonyl (C=O) groups is 2. The lowest BCUT2D eigenvalue weighted by atomic mass is 10.1. The highest BCUT2D eigenvalue weighted by atomic mass is 19.1. The van der Waals surface area contributed by atoms with Crippen LogP contribution in [0.2, 0.25) is 0 Å². The molecule has 1 aliphatic carbocycles. The second-order valence-electron chi connectivity index (χ2n) is 4.88.